The summed E-state index contributed by atoms with van der Waals surface area (Å²) in [6.45, 7) is 0.0430. The second-order valence-electron chi connectivity index (χ2n) is 1.95. The van der Waals surface area contributed by atoms with Crippen molar-refractivity contribution in [2.45, 2.75) is 12.4 Å². The number of rotatable bonds is 3. The van der Waals surface area contributed by atoms with Crippen LogP contribution in [-0.4, -0.2) is 21.3 Å². The Morgan fingerprint density at radius 2 is 2.60 bits per heavy atom. The number of aliphatic hydroxyl groups is 1. The number of imidazole rings is 1. The number of nitrogens with zero attached hydrogens (tertiary/aromatic N) is 1. The molecule has 56 valence electrons. The van der Waals surface area contributed by atoms with E-state index in [1.807, 2.05) is 6.26 Å². The summed E-state index contributed by atoms with van der Waals surface area (Å²) in [5, 5.41) is 8.64. The predicted octanol–water partition coefficient (Wildman–Crippen LogP) is 0.765. The third kappa shape index (κ3) is 1.75. The molecule has 0 spiro atoms. The van der Waals surface area contributed by atoms with E-state index in [4.69, 9.17) is 5.11 Å². The van der Waals surface area contributed by atoms with Crippen molar-refractivity contribution in [1.29, 1.82) is 0 Å². The summed E-state index contributed by atoms with van der Waals surface area (Å²) in [6, 6.07) is 0. The van der Waals surface area contributed by atoms with Gasteiger partial charge in [0.2, 0.25) is 0 Å². The normalized spacial score (nSPS) is 10.2. The largest absolute Gasteiger partial charge is 0.390 e. The smallest absolute Gasteiger partial charge is 0.116 e. The summed E-state index contributed by atoms with van der Waals surface area (Å²) in [5.41, 5.74) is 0.782. The van der Waals surface area contributed by atoms with Crippen LogP contribution in [0.3, 0.4) is 0 Å². The lowest BCUT2D eigenvalue weighted by molar-refractivity contribution is 0.277. The lowest BCUT2D eigenvalue weighted by atomic mass is 10.5. The quantitative estimate of drug-likeness (QED) is 0.683. The number of hydrogen-bond donors (Lipinski definition) is 2. The fourth-order valence-corrected chi connectivity index (χ4v) is 1.12. The number of nitrogens with one attached hydrogen (secondary N) is 1. The van der Waals surface area contributed by atoms with Gasteiger partial charge in [0.1, 0.15) is 5.82 Å². The molecule has 0 radical (unpaired) electrons. The molecule has 0 fully saturated rings. The molecule has 0 unspecified atom stereocenters. The van der Waals surface area contributed by atoms with Gasteiger partial charge in [0, 0.05) is 0 Å². The number of aliphatic hydroxyl groups excluding tert-OH is 1. The first-order chi connectivity index (χ1) is 4.86. The molecule has 0 aliphatic heterocycles. The molecule has 2 N–H and O–H groups in total. The van der Waals surface area contributed by atoms with E-state index in [2.05, 4.69) is 9.97 Å². The highest BCUT2D eigenvalue weighted by atomic mass is 32.2. The molecule has 0 amide bonds. The molecule has 3 nitrogen and oxygen atoms in total. The van der Waals surface area contributed by atoms with E-state index in [1.165, 1.54) is 0 Å². The Bertz CT molecular complexity index is 199. The molecule has 4 heteroatoms. The van der Waals surface area contributed by atoms with E-state index in [-0.39, 0.29) is 6.61 Å². The molecule has 0 saturated heterocycles. The Balaban J connectivity index is 2.59. The lowest BCUT2D eigenvalue weighted by Crippen LogP contribution is -1.84. The van der Waals surface area contributed by atoms with Gasteiger partial charge in [-0.1, -0.05) is 0 Å². The topological polar surface area (TPSA) is 48.9 Å². The number of aromatic nitrogens is 2. The maximum absolute atomic E-state index is 8.64. The standard InChI is InChI=1S/C6H10N2OS/c1-10-4-6-7-2-5(3-9)8-6/h2,9H,3-4H2,1H3,(H,7,8). The highest BCUT2D eigenvalue weighted by Gasteiger charge is 1.96. The van der Waals surface area contributed by atoms with Crippen molar-refractivity contribution in [3.05, 3.63) is 17.7 Å². The first-order valence-electron chi connectivity index (χ1n) is 2.99. The number of hydrogen-bond acceptors (Lipinski definition) is 3. The van der Waals surface area contributed by atoms with E-state index >= 15 is 0 Å². The van der Waals surface area contributed by atoms with Crippen LogP contribution in [0.5, 0.6) is 0 Å². The number of aromatic amines is 1. The minimum atomic E-state index is 0.0430. The van der Waals surface area contributed by atoms with Crippen molar-refractivity contribution >= 4 is 11.8 Å². The maximum Gasteiger partial charge on any atom is 0.116 e. The van der Waals surface area contributed by atoms with Crippen molar-refractivity contribution in [1.82, 2.24) is 9.97 Å². The van der Waals surface area contributed by atoms with Crippen LogP contribution in [-0.2, 0) is 12.4 Å². The van der Waals surface area contributed by atoms with E-state index < -0.39 is 0 Å². The van der Waals surface area contributed by atoms with Crippen molar-refractivity contribution in [3.8, 4) is 0 Å². The van der Waals surface area contributed by atoms with Crippen LogP contribution < -0.4 is 0 Å². The molecule has 10 heavy (non-hydrogen) atoms. The summed E-state index contributed by atoms with van der Waals surface area (Å²) < 4.78 is 0. The average molecular weight is 158 g/mol. The molecule has 1 heterocycles. The third-order valence-corrected chi connectivity index (χ3v) is 1.69. The van der Waals surface area contributed by atoms with E-state index in [0.29, 0.717) is 0 Å². The van der Waals surface area contributed by atoms with Crippen molar-refractivity contribution < 1.29 is 5.11 Å². The van der Waals surface area contributed by atoms with Gasteiger partial charge in [0.25, 0.3) is 0 Å². The van der Waals surface area contributed by atoms with Crippen LogP contribution in [0.25, 0.3) is 0 Å². The Morgan fingerprint density at radius 1 is 1.80 bits per heavy atom. The first kappa shape index (κ1) is 7.63. The molecular formula is C6H10N2OS. The van der Waals surface area contributed by atoms with Gasteiger partial charge >= 0.3 is 0 Å². The van der Waals surface area contributed by atoms with Crippen LogP contribution in [0.1, 0.15) is 11.5 Å². The minimum absolute atomic E-state index is 0.0430. The maximum atomic E-state index is 8.64. The van der Waals surface area contributed by atoms with Gasteiger partial charge in [0.15, 0.2) is 0 Å². The van der Waals surface area contributed by atoms with Crippen molar-refractivity contribution in [2.75, 3.05) is 6.26 Å². The molecule has 0 aromatic carbocycles. The zero-order valence-electron chi connectivity index (χ0n) is 5.79. The van der Waals surface area contributed by atoms with Crippen molar-refractivity contribution in [3.63, 3.8) is 0 Å². The molecule has 1 aromatic heterocycles. The molecule has 0 atom stereocenters. The second kappa shape index (κ2) is 3.63. The van der Waals surface area contributed by atoms with Crippen molar-refractivity contribution in [2.24, 2.45) is 0 Å². The summed E-state index contributed by atoms with van der Waals surface area (Å²) in [4.78, 5) is 7.02. The first-order valence-corrected chi connectivity index (χ1v) is 4.38. The molecular weight excluding hydrogens is 148 g/mol. The van der Waals surface area contributed by atoms with Gasteiger partial charge in [-0.3, -0.25) is 0 Å². The molecule has 0 saturated carbocycles. The molecule has 0 aliphatic rings. The van der Waals surface area contributed by atoms with Gasteiger partial charge in [-0.05, 0) is 6.26 Å². The van der Waals surface area contributed by atoms with E-state index in [1.54, 1.807) is 18.0 Å². The summed E-state index contributed by atoms with van der Waals surface area (Å²) in [7, 11) is 0. The Hall–Kier alpha value is -0.480. The monoisotopic (exact) mass is 158 g/mol. The predicted molar refractivity (Wildman–Crippen MR) is 41.7 cm³/mol. The fourth-order valence-electron chi connectivity index (χ4n) is 0.696. The Labute approximate surface area is 63.9 Å². The van der Waals surface area contributed by atoms with E-state index in [0.717, 1.165) is 17.3 Å². The second-order valence-corrected chi connectivity index (χ2v) is 2.81. The van der Waals surface area contributed by atoms with Gasteiger partial charge in [-0.25, -0.2) is 4.98 Å². The third-order valence-electron chi connectivity index (χ3n) is 1.13. The van der Waals surface area contributed by atoms with Crippen LogP contribution in [0.2, 0.25) is 0 Å². The molecule has 1 rings (SSSR count). The van der Waals surface area contributed by atoms with Gasteiger partial charge in [0.05, 0.1) is 24.3 Å². The Morgan fingerprint density at radius 3 is 3.10 bits per heavy atom. The molecule has 1 aromatic rings. The minimum Gasteiger partial charge on any atom is -0.390 e. The zero-order chi connectivity index (χ0) is 7.40. The lowest BCUT2D eigenvalue weighted by Gasteiger charge is -1.89. The Kier molecular flexibility index (Phi) is 2.77. The summed E-state index contributed by atoms with van der Waals surface area (Å²) >= 11 is 1.70. The van der Waals surface area contributed by atoms with Gasteiger partial charge in [-0.2, -0.15) is 11.8 Å². The van der Waals surface area contributed by atoms with Crippen LogP contribution in [0, 0.1) is 0 Å². The average Bonchev–Trinajstić information content (AvgIpc) is 2.37. The summed E-state index contributed by atoms with van der Waals surface area (Å²) in [5.74, 6) is 1.80. The van der Waals surface area contributed by atoms with Gasteiger partial charge < -0.3 is 10.1 Å². The SMILES string of the molecule is CSCc1ncc(CO)[nH]1. The highest BCUT2D eigenvalue weighted by molar-refractivity contribution is 7.97. The molecule has 0 aliphatic carbocycles. The van der Waals surface area contributed by atoms with Crippen LogP contribution in [0.4, 0.5) is 0 Å². The number of thioether (sulfide) groups is 1. The fraction of sp³-hybridized carbons (Fsp3) is 0.500. The zero-order valence-corrected chi connectivity index (χ0v) is 6.61. The summed E-state index contributed by atoms with van der Waals surface area (Å²) in [6.07, 6.45) is 3.67. The number of H-pyrrole nitrogens is 1. The van der Waals surface area contributed by atoms with Crippen LogP contribution in [0.15, 0.2) is 6.20 Å². The van der Waals surface area contributed by atoms with Gasteiger partial charge in [-0.15, -0.1) is 0 Å². The van der Waals surface area contributed by atoms with E-state index in [9.17, 15) is 0 Å². The highest BCUT2D eigenvalue weighted by Crippen LogP contribution is 2.04. The van der Waals surface area contributed by atoms with Crippen LogP contribution >= 0.6 is 11.8 Å². The molecule has 0 bridgehead atoms.